The Hall–Kier alpha value is 0.980. The first-order valence-corrected chi connectivity index (χ1v) is 12.6. The molecule has 0 saturated carbocycles. The Morgan fingerprint density at radius 1 is 0.654 bits per heavy atom. The van der Waals surface area contributed by atoms with Crippen LogP contribution >= 0.6 is 42.6 Å². The number of hydrogen-bond acceptors (Lipinski definition) is 4. The van der Waals surface area contributed by atoms with Crippen molar-refractivity contribution in [2.75, 3.05) is 19.8 Å². The van der Waals surface area contributed by atoms with Crippen LogP contribution in [0.15, 0.2) is 0 Å². The van der Waals surface area contributed by atoms with Crippen LogP contribution in [-0.2, 0) is 18.1 Å². The summed E-state index contributed by atoms with van der Waals surface area (Å²) in [5.41, 5.74) is 0. The summed E-state index contributed by atoms with van der Waals surface area (Å²) in [5, 5.41) is -0.683. The van der Waals surface area contributed by atoms with Gasteiger partial charge in [-0.05, 0) is 19.3 Å². The largest absolute Gasteiger partial charge is 0.474 e. The van der Waals surface area contributed by atoms with Crippen LogP contribution in [0.2, 0.25) is 0 Å². The quantitative estimate of drug-likeness (QED) is 0.159. The molecule has 0 aliphatic rings. The fourth-order valence-corrected chi connectivity index (χ4v) is 4.38. The van der Waals surface area contributed by atoms with Crippen molar-refractivity contribution in [2.24, 2.45) is 0 Å². The average Bonchev–Trinajstić information content (AvgIpc) is 2.64. The highest BCUT2D eigenvalue weighted by Gasteiger charge is 2.30. The van der Waals surface area contributed by atoms with Gasteiger partial charge < -0.3 is 0 Å². The Morgan fingerprint density at radius 2 is 0.923 bits per heavy atom. The molecule has 0 fully saturated rings. The third-order valence-corrected chi connectivity index (χ3v) is 6.28. The molecule has 0 rings (SSSR count). The van der Waals surface area contributed by atoms with E-state index in [1.807, 2.05) is 0 Å². The summed E-state index contributed by atoms with van der Waals surface area (Å²) in [7, 11) is -3.73. The summed E-state index contributed by atoms with van der Waals surface area (Å²) in [5.74, 6) is 0. The molecule has 0 amide bonds. The minimum atomic E-state index is -3.73. The number of halogens is 3. The summed E-state index contributed by atoms with van der Waals surface area (Å²) in [4.78, 5) is 0. The second-order valence-corrected chi connectivity index (χ2v) is 10.1. The van der Waals surface area contributed by atoms with Gasteiger partial charge in [-0.25, -0.2) is 4.57 Å². The predicted molar refractivity (Wildman–Crippen MR) is 113 cm³/mol. The van der Waals surface area contributed by atoms with Crippen LogP contribution in [0.4, 0.5) is 0 Å². The SMILES string of the molecule is CCCCC(Cl)COP(=O)(OCC(Cl)CCCC)OCC(Cl)CCCC. The van der Waals surface area contributed by atoms with Gasteiger partial charge in [-0.2, -0.15) is 0 Å². The average molecular weight is 454 g/mol. The van der Waals surface area contributed by atoms with Crippen molar-refractivity contribution in [1.29, 1.82) is 0 Å². The molecule has 0 aliphatic heterocycles. The van der Waals surface area contributed by atoms with Crippen LogP contribution in [0.3, 0.4) is 0 Å². The van der Waals surface area contributed by atoms with E-state index in [9.17, 15) is 4.57 Å². The molecule has 8 heteroatoms. The number of phosphoric ester groups is 1. The van der Waals surface area contributed by atoms with Crippen LogP contribution in [0, 0.1) is 0 Å². The molecule has 0 saturated heterocycles. The Kier molecular flexibility index (Phi) is 17.5. The molecule has 0 N–H and O–H groups in total. The van der Waals surface area contributed by atoms with E-state index in [1.165, 1.54) is 0 Å². The van der Waals surface area contributed by atoms with Crippen molar-refractivity contribution < 1.29 is 18.1 Å². The maximum Gasteiger partial charge on any atom is 0.474 e. The van der Waals surface area contributed by atoms with E-state index in [1.54, 1.807) is 0 Å². The van der Waals surface area contributed by atoms with Gasteiger partial charge in [0.25, 0.3) is 0 Å². The van der Waals surface area contributed by atoms with Gasteiger partial charge >= 0.3 is 7.82 Å². The van der Waals surface area contributed by atoms with E-state index >= 15 is 0 Å². The molecule has 0 aromatic heterocycles. The molecule has 0 heterocycles. The fraction of sp³-hybridized carbons (Fsp3) is 1.00. The number of phosphoric acid groups is 1. The second-order valence-electron chi connectivity index (χ2n) is 6.55. The van der Waals surface area contributed by atoms with E-state index in [4.69, 9.17) is 48.4 Å². The minimum Gasteiger partial charge on any atom is -0.285 e. The van der Waals surface area contributed by atoms with E-state index < -0.39 is 7.82 Å². The topological polar surface area (TPSA) is 44.8 Å². The molecule has 3 unspecified atom stereocenters. The Morgan fingerprint density at radius 3 is 1.15 bits per heavy atom. The van der Waals surface area contributed by atoms with Gasteiger partial charge in [0.15, 0.2) is 0 Å². The summed E-state index contributed by atoms with van der Waals surface area (Å²) >= 11 is 18.7. The van der Waals surface area contributed by atoms with Gasteiger partial charge in [-0.3, -0.25) is 13.6 Å². The van der Waals surface area contributed by atoms with E-state index in [-0.39, 0.29) is 36.0 Å². The number of unbranched alkanes of at least 4 members (excludes halogenated alkanes) is 3. The van der Waals surface area contributed by atoms with Gasteiger partial charge in [0, 0.05) is 0 Å². The van der Waals surface area contributed by atoms with Crippen molar-refractivity contribution in [3.8, 4) is 0 Å². The molecule has 158 valence electrons. The van der Waals surface area contributed by atoms with Crippen molar-refractivity contribution >= 4 is 42.6 Å². The van der Waals surface area contributed by atoms with Gasteiger partial charge in [-0.1, -0.05) is 59.3 Å². The summed E-state index contributed by atoms with van der Waals surface area (Å²) in [6, 6.07) is 0. The van der Waals surface area contributed by atoms with Crippen molar-refractivity contribution in [2.45, 2.75) is 94.7 Å². The lowest BCUT2D eigenvalue weighted by Crippen LogP contribution is -2.16. The second kappa shape index (κ2) is 16.9. The molecule has 0 radical (unpaired) electrons. The smallest absolute Gasteiger partial charge is 0.285 e. The Labute approximate surface area is 175 Å². The standard InChI is InChI=1S/C18H36Cl3O4P/c1-4-7-10-16(19)13-23-26(22,24-14-17(20)11-8-5-2)25-15-18(21)12-9-6-3/h16-18H,4-15H2,1-3H3. The van der Waals surface area contributed by atoms with Crippen molar-refractivity contribution in [3.05, 3.63) is 0 Å². The monoisotopic (exact) mass is 452 g/mol. The molecule has 26 heavy (non-hydrogen) atoms. The van der Waals surface area contributed by atoms with E-state index in [0.717, 1.165) is 57.8 Å². The molecule has 0 bridgehead atoms. The minimum absolute atomic E-state index is 0.114. The first-order chi connectivity index (χ1) is 12.4. The first kappa shape index (κ1) is 27.0. The maximum atomic E-state index is 12.9. The number of alkyl halides is 3. The van der Waals surface area contributed by atoms with Crippen LogP contribution < -0.4 is 0 Å². The van der Waals surface area contributed by atoms with E-state index in [0.29, 0.717) is 0 Å². The molecular formula is C18H36Cl3O4P. The number of hydrogen-bond donors (Lipinski definition) is 0. The zero-order valence-corrected chi connectivity index (χ0v) is 19.6. The molecule has 0 spiro atoms. The molecule has 4 nitrogen and oxygen atoms in total. The summed E-state index contributed by atoms with van der Waals surface area (Å²) in [6.07, 6.45) is 8.49. The van der Waals surface area contributed by atoms with Gasteiger partial charge in [0.05, 0.1) is 36.0 Å². The number of rotatable bonds is 18. The highest BCUT2D eigenvalue weighted by molar-refractivity contribution is 7.48. The molecular weight excluding hydrogens is 418 g/mol. The van der Waals surface area contributed by atoms with Crippen LogP contribution in [0.25, 0.3) is 0 Å². The molecule has 0 aromatic rings. The predicted octanol–water partition coefficient (Wildman–Crippen LogP) is 7.54. The third kappa shape index (κ3) is 15.0. The summed E-state index contributed by atoms with van der Waals surface area (Å²) < 4.78 is 29.3. The lowest BCUT2D eigenvalue weighted by Gasteiger charge is -2.22. The highest BCUT2D eigenvalue weighted by atomic mass is 35.5. The van der Waals surface area contributed by atoms with Crippen LogP contribution in [0.1, 0.15) is 78.6 Å². The van der Waals surface area contributed by atoms with Crippen molar-refractivity contribution in [3.63, 3.8) is 0 Å². The zero-order chi connectivity index (χ0) is 19.8. The Balaban J connectivity index is 4.55. The normalized spacial score (nSPS) is 17.6. The first-order valence-electron chi connectivity index (χ1n) is 9.82. The van der Waals surface area contributed by atoms with Crippen LogP contribution in [-0.4, -0.2) is 36.0 Å². The zero-order valence-electron chi connectivity index (χ0n) is 16.4. The third-order valence-electron chi connectivity index (χ3n) is 3.85. The van der Waals surface area contributed by atoms with Gasteiger partial charge in [0.2, 0.25) is 0 Å². The van der Waals surface area contributed by atoms with Crippen LogP contribution in [0.5, 0.6) is 0 Å². The molecule has 0 aliphatic carbocycles. The Bertz CT molecular complexity index is 322. The van der Waals surface area contributed by atoms with Gasteiger partial charge in [0.1, 0.15) is 0 Å². The highest BCUT2D eigenvalue weighted by Crippen LogP contribution is 2.50. The van der Waals surface area contributed by atoms with E-state index in [2.05, 4.69) is 20.8 Å². The lowest BCUT2D eigenvalue weighted by molar-refractivity contribution is 0.110. The van der Waals surface area contributed by atoms with Gasteiger partial charge in [-0.15, -0.1) is 34.8 Å². The van der Waals surface area contributed by atoms with Crippen molar-refractivity contribution in [1.82, 2.24) is 0 Å². The molecule has 0 aromatic carbocycles. The lowest BCUT2D eigenvalue weighted by atomic mass is 10.2. The molecule has 3 atom stereocenters. The maximum absolute atomic E-state index is 12.9. The fourth-order valence-electron chi connectivity index (χ4n) is 2.16. The summed E-state index contributed by atoms with van der Waals surface area (Å²) in [6.45, 7) is 6.62.